The lowest BCUT2D eigenvalue weighted by Crippen LogP contribution is -2.29. The summed E-state index contributed by atoms with van der Waals surface area (Å²) in [6, 6.07) is 0. The number of aromatic nitrogens is 2. The predicted molar refractivity (Wildman–Crippen MR) is 64.7 cm³/mol. The van der Waals surface area contributed by atoms with Gasteiger partial charge in [0.25, 0.3) is 6.43 Å². The Balaban J connectivity index is 2.17. The highest BCUT2D eigenvalue weighted by molar-refractivity contribution is 5.62. The number of anilines is 2. The predicted octanol–water partition coefficient (Wildman–Crippen LogP) is 1.08. The molecule has 1 atom stereocenters. The van der Waals surface area contributed by atoms with E-state index in [2.05, 4.69) is 5.10 Å². The van der Waals surface area contributed by atoms with Crippen molar-refractivity contribution in [2.24, 2.45) is 0 Å². The van der Waals surface area contributed by atoms with Gasteiger partial charge in [-0.15, -0.1) is 0 Å². The summed E-state index contributed by atoms with van der Waals surface area (Å²) in [7, 11) is 0. The quantitative estimate of drug-likeness (QED) is 0.853. The fraction of sp³-hybridized carbons (Fsp3) is 0.727. The van der Waals surface area contributed by atoms with Crippen molar-refractivity contribution in [3.8, 4) is 0 Å². The van der Waals surface area contributed by atoms with E-state index in [1.807, 2.05) is 4.90 Å². The Labute approximate surface area is 104 Å². The van der Waals surface area contributed by atoms with Gasteiger partial charge in [0.15, 0.2) is 5.82 Å². The number of aliphatic hydroxyl groups is 1. The fourth-order valence-electron chi connectivity index (χ4n) is 2.29. The summed E-state index contributed by atoms with van der Waals surface area (Å²) in [6.45, 7) is 0.863. The number of nitrogen functional groups attached to an aromatic ring is 1. The standard InChI is InChI=1S/C11H18F2N4O/c12-10(13)7-17-11(9(14)6-15-17)16-4-1-2-8(18)3-5-16/h6,8,10,18H,1-5,7,14H2/t8-/m0/s1. The van der Waals surface area contributed by atoms with E-state index >= 15 is 0 Å². The van der Waals surface area contributed by atoms with Gasteiger partial charge in [-0.1, -0.05) is 0 Å². The van der Waals surface area contributed by atoms with E-state index in [9.17, 15) is 13.9 Å². The summed E-state index contributed by atoms with van der Waals surface area (Å²) in [5.74, 6) is 0.546. The van der Waals surface area contributed by atoms with Crippen LogP contribution < -0.4 is 10.6 Å². The van der Waals surface area contributed by atoms with E-state index in [1.54, 1.807) is 0 Å². The third-order valence-electron chi connectivity index (χ3n) is 3.15. The first kappa shape index (κ1) is 13.1. The first-order chi connectivity index (χ1) is 8.58. The zero-order valence-electron chi connectivity index (χ0n) is 10.1. The lowest BCUT2D eigenvalue weighted by Gasteiger charge is -2.24. The summed E-state index contributed by atoms with van der Waals surface area (Å²) in [6.07, 6.45) is 0.807. The smallest absolute Gasteiger partial charge is 0.258 e. The molecule has 5 nitrogen and oxygen atoms in total. The SMILES string of the molecule is Nc1cnn(CC(F)F)c1N1CCC[C@H](O)CC1. The average Bonchev–Trinajstić information content (AvgIpc) is 2.52. The molecule has 0 aromatic carbocycles. The van der Waals surface area contributed by atoms with Crippen molar-refractivity contribution in [2.45, 2.75) is 38.3 Å². The Hall–Kier alpha value is -1.37. The molecule has 102 valence electrons. The maximum absolute atomic E-state index is 12.5. The summed E-state index contributed by atoms with van der Waals surface area (Å²) in [4.78, 5) is 1.93. The van der Waals surface area contributed by atoms with Gasteiger partial charge in [0.1, 0.15) is 6.54 Å². The molecule has 7 heteroatoms. The van der Waals surface area contributed by atoms with E-state index < -0.39 is 13.0 Å². The summed E-state index contributed by atoms with van der Waals surface area (Å²) >= 11 is 0. The molecule has 2 heterocycles. The van der Waals surface area contributed by atoms with Crippen LogP contribution in [0.4, 0.5) is 20.3 Å². The van der Waals surface area contributed by atoms with Crippen LogP contribution in [0.2, 0.25) is 0 Å². The molecule has 1 aromatic rings. The van der Waals surface area contributed by atoms with Crippen molar-refractivity contribution in [2.75, 3.05) is 23.7 Å². The number of hydrogen-bond donors (Lipinski definition) is 2. The molecule has 1 aliphatic heterocycles. The monoisotopic (exact) mass is 260 g/mol. The van der Waals surface area contributed by atoms with Crippen LogP contribution in [0.15, 0.2) is 6.20 Å². The Morgan fingerprint density at radius 1 is 1.44 bits per heavy atom. The van der Waals surface area contributed by atoms with Crippen molar-refractivity contribution in [1.29, 1.82) is 0 Å². The van der Waals surface area contributed by atoms with Crippen LogP contribution in [0.3, 0.4) is 0 Å². The minimum absolute atomic E-state index is 0.317. The van der Waals surface area contributed by atoms with Crippen LogP contribution >= 0.6 is 0 Å². The second kappa shape index (κ2) is 5.51. The number of hydrogen-bond acceptors (Lipinski definition) is 4. The molecule has 1 aliphatic rings. The fourth-order valence-corrected chi connectivity index (χ4v) is 2.29. The van der Waals surface area contributed by atoms with Gasteiger partial charge in [-0.05, 0) is 19.3 Å². The average molecular weight is 260 g/mol. The normalized spacial score (nSPS) is 21.3. The molecule has 1 fully saturated rings. The van der Waals surface area contributed by atoms with Gasteiger partial charge in [-0.2, -0.15) is 5.10 Å². The van der Waals surface area contributed by atoms with Crippen LogP contribution in [0, 0.1) is 0 Å². The third kappa shape index (κ3) is 2.90. The molecular formula is C11H18F2N4O. The van der Waals surface area contributed by atoms with Crippen LogP contribution in [0.5, 0.6) is 0 Å². The molecule has 0 spiro atoms. The number of rotatable bonds is 3. The largest absolute Gasteiger partial charge is 0.394 e. The first-order valence-electron chi connectivity index (χ1n) is 6.10. The van der Waals surface area contributed by atoms with Crippen molar-refractivity contribution < 1.29 is 13.9 Å². The van der Waals surface area contributed by atoms with Gasteiger partial charge in [-0.3, -0.25) is 0 Å². The number of nitrogens with two attached hydrogens (primary N) is 1. The molecule has 0 bridgehead atoms. The van der Waals surface area contributed by atoms with Crippen LogP contribution in [-0.4, -0.2) is 40.5 Å². The van der Waals surface area contributed by atoms with E-state index in [4.69, 9.17) is 5.73 Å². The van der Waals surface area contributed by atoms with Crippen LogP contribution in [0.25, 0.3) is 0 Å². The zero-order valence-corrected chi connectivity index (χ0v) is 10.1. The molecule has 0 aliphatic carbocycles. The Kier molecular flexibility index (Phi) is 4.00. The van der Waals surface area contributed by atoms with Gasteiger partial charge in [0.05, 0.1) is 18.0 Å². The van der Waals surface area contributed by atoms with E-state index in [0.717, 1.165) is 12.8 Å². The molecule has 0 saturated carbocycles. The van der Waals surface area contributed by atoms with Crippen molar-refractivity contribution >= 4 is 11.5 Å². The Morgan fingerprint density at radius 2 is 2.22 bits per heavy atom. The summed E-state index contributed by atoms with van der Waals surface area (Å²) in [5, 5.41) is 13.5. The lowest BCUT2D eigenvalue weighted by molar-refractivity contribution is 0.122. The second-order valence-electron chi connectivity index (χ2n) is 4.57. The topological polar surface area (TPSA) is 67.3 Å². The number of aliphatic hydroxyl groups excluding tert-OH is 1. The summed E-state index contributed by atoms with van der Waals surface area (Å²) < 4.78 is 26.2. The molecule has 2 rings (SSSR count). The maximum atomic E-state index is 12.5. The second-order valence-corrected chi connectivity index (χ2v) is 4.57. The number of halogens is 2. The highest BCUT2D eigenvalue weighted by atomic mass is 19.3. The minimum Gasteiger partial charge on any atom is -0.394 e. The van der Waals surface area contributed by atoms with Gasteiger partial charge in [-0.25, -0.2) is 13.5 Å². The highest BCUT2D eigenvalue weighted by Gasteiger charge is 2.21. The Bertz CT molecular complexity index is 396. The Morgan fingerprint density at radius 3 is 2.94 bits per heavy atom. The first-order valence-corrected chi connectivity index (χ1v) is 6.10. The van der Waals surface area contributed by atoms with Crippen LogP contribution in [0.1, 0.15) is 19.3 Å². The highest BCUT2D eigenvalue weighted by Crippen LogP contribution is 2.26. The molecule has 18 heavy (non-hydrogen) atoms. The molecule has 1 saturated heterocycles. The molecule has 1 aromatic heterocycles. The molecule has 0 amide bonds. The van der Waals surface area contributed by atoms with E-state index in [-0.39, 0.29) is 6.10 Å². The van der Waals surface area contributed by atoms with Gasteiger partial charge in [0.2, 0.25) is 0 Å². The van der Waals surface area contributed by atoms with Crippen molar-refractivity contribution in [3.63, 3.8) is 0 Å². The number of alkyl halides is 2. The van der Waals surface area contributed by atoms with Crippen LogP contribution in [-0.2, 0) is 6.54 Å². The zero-order chi connectivity index (χ0) is 13.1. The van der Waals surface area contributed by atoms with Crippen molar-refractivity contribution in [3.05, 3.63) is 6.20 Å². The maximum Gasteiger partial charge on any atom is 0.258 e. The molecule has 0 radical (unpaired) electrons. The summed E-state index contributed by atoms with van der Waals surface area (Å²) in [5.41, 5.74) is 6.21. The van der Waals surface area contributed by atoms with Gasteiger partial charge < -0.3 is 15.7 Å². The minimum atomic E-state index is -2.46. The lowest BCUT2D eigenvalue weighted by atomic mass is 10.2. The van der Waals surface area contributed by atoms with Crippen molar-refractivity contribution in [1.82, 2.24) is 9.78 Å². The number of nitrogens with zero attached hydrogens (tertiary/aromatic N) is 3. The van der Waals surface area contributed by atoms with E-state index in [0.29, 0.717) is 31.0 Å². The van der Waals surface area contributed by atoms with Gasteiger partial charge >= 0.3 is 0 Å². The molecule has 3 N–H and O–H groups in total. The van der Waals surface area contributed by atoms with E-state index in [1.165, 1.54) is 10.9 Å². The third-order valence-corrected chi connectivity index (χ3v) is 3.15. The molecular weight excluding hydrogens is 242 g/mol. The molecule has 0 unspecified atom stereocenters. The van der Waals surface area contributed by atoms with Gasteiger partial charge in [0, 0.05) is 13.1 Å².